The Hall–Kier alpha value is -1.00. The molecule has 1 heterocycles. The number of hydrogen-bond donors (Lipinski definition) is 1. The highest BCUT2D eigenvalue weighted by molar-refractivity contribution is 5.25. The van der Waals surface area contributed by atoms with Gasteiger partial charge in [0.25, 0.3) is 0 Å². The van der Waals surface area contributed by atoms with Crippen LogP contribution < -0.4 is 5.73 Å². The van der Waals surface area contributed by atoms with E-state index in [9.17, 15) is 0 Å². The first kappa shape index (κ1) is 14.1. The van der Waals surface area contributed by atoms with Gasteiger partial charge in [-0.05, 0) is 46.5 Å². The van der Waals surface area contributed by atoms with Crippen LogP contribution in [-0.4, -0.2) is 42.1 Å². The third-order valence-corrected chi connectivity index (χ3v) is 2.91. The molecular weight excluding hydrogens is 212 g/mol. The van der Waals surface area contributed by atoms with Crippen molar-refractivity contribution in [1.82, 2.24) is 14.9 Å². The smallest absolute Gasteiger partial charge is 0.132 e. The summed E-state index contributed by atoms with van der Waals surface area (Å²) in [7, 11) is 4.14. The van der Waals surface area contributed by atoms with Crippen LogP contribution in [0.3, 0.4) is 0 Å². The van der Waals surface area contributed by atoms with Gasteiger partial charge in [0, 0.05) is 23.9 Å². The lowest BCUT2D eigenvalue weighted by Crippen LogP contribution is -2.21. The lowest BCUT2D eigenvalue weighted by molar-refractivity contribution is 0.376. The van der Waals surface area contributed by atoms with E-state index in [0.717, 1.165) is 30.2 Å². The highest BCUT2D eigenvalue weighted by Gasteiger charge is 2.13. The van der Waals surface area contributed by atoms with Crippen LogP contribution in [0.15, 0.2) is 0 Å². The molecule has 0 bridgehead atoms. The zero-order valence-corrected chi connectivity index (χ0v) is 11.6. The minimum atomic E-state index is 0.356. The number of hydrogen-bond acceptors (Lipinski definition) is 4. The third-order valence-electron chi connectivity index (χ3n) is 2.91. The molecule has 0 radical (unpaired) electrons. The second-order valence-corrected chi connectivity index (χ2v) is 4.93. The summed E-state index contributed by atoms with van der Waals surface area (Å²) >= 11 is 0. The lowest BCUT2D eigenvalue weighted by Gasteiger charge is -2.18. The maximum Gasteiger partial charge on any atom is 0.132 e. The number of aromatic nitrogens is 2. The molecule has 1 aromatic rings. The van der Waals surface area contributed by atoms with Crippen molar-refractivity contribution in [3.05, 3.63) is 22.8 Å². The van der Waals surface area contributed by atoms with Gasteiger partial charge in [0.15, 0.2) is 0 Å². The van der Waals surface area contributed by atoms with Gasteiger partial charge in [-0.1, -0.05) is 6.92 Å². The largest absolute Gasteiger partial charge is 0.330 e. The molecule has 0 spiro atoms. The zero-order chi connectivity index (χ0) is 13.0. The number of rotatable bonds is 5. The molecule has 0 aliphatic rings. The quantitative estimate of drug-likeness (QED) is 0.836. The SMILES string of the molecule is Cc1nc(C(C)CN(C)C)nc(C)c1CCN. The predicted molar refractivity (Wildman–Crippen MR) is 71.2 cm³/mol. The van der Waals surface area contributed by atoms with E-state index in [4.69, 9.17) is 5.73 Å². The van der Waals surface area contributed by atoms with E-state index in [0.29, 0.717) is 12.5 Å². The van der Waals surface area contributed by atoms with Crippen LogP contribution in [0.25, 0.3) is 0 Å². The van der Waals surface area contributed by atoms with E-state index >= 15 is 0 Å². The average molecular weight is 236 g/mol. The van der Waals surface area contributed by atoms with E-state index in [-0.39, 0.29) is 0 Å². The maximum absolute atomic E-state index is 5.60. The Kier molecular flexibility index (Phi) is 5.02. The fourth-order valence-electron chi connectivity index (χ4n) is 2.12. The second-order valence-electron chi connectivity index (χ2n) is 4.93. The molecule has 1 aromatic heterocycles. The van der Waals surface area contributed by atoms with Crippen LogP contribution in [0, 0.1) is 13.8 Å². The summed E-state index contributed by atoms with van der Waals surface area (Å²) in [6.07, 6.45) is 0.861. The molecule has 96 valence electrons. The highest BCUT2D eigenvalue weighted by atomic mass is 15.1. The van der Waals surface area contributed by atoms with Crippen LogP contribution in [0.5, 0.6) is 0 Å². The van der Waals surface area contributed by atoms with E-state index in [1.54, 1.807) is 0 Å². The minimum absolute atomic E-state index is 0.356. The third kappa shape index (κ3) is 3.75. The molecule has 1 rings (SSSR count). The molecule has 0 fully saturated rings. The van der Waals surface area contributed by atoms with E-state index < -0.39 is 0 Å². The number of nitrogens with two attached hydrogens (primary N) is 1. The molecule has 0 saturated heterocycles. The van der Waals surface area contributed by atoms with Gasteiger partial charge < -0.3 is 10.6 Å². The number of aryl methyl sites for hydroxylation is 2. The normalized spacial score (nSPS) is 13.1. The predicted octanol–water partition coefficient (Wildman–Crippen LogP) is 1.26. The summed E-state index contributed by atoms with van der Waals surface area (Å²) < 4.78 is 0. The summed E-state index contributed by atoms with van der Waals surface area (Å²) in [5.41, 5.74) is 8.95. The van der Waals surface area contributed by atoms with E-state index in [1.165, 1.54) is 5.56 Å². The van der Waals surface area contributed by atoms with Gasteiger partial charge in [0.2, 0.25) is 0 Å². The van der Waals surface area contributed by atoms with Crippen molar-refractivity contribution in [1.29, 1.82) is 0 Å². The standard InChI is InChI=1S/C13H24N4/c1-9(8-17(4)5)13-15-10(2)12(6-7-14)11(3)16-13/h9H,6-8,14H2,1-5H3. The molecule has 17 heavy (non-hydrogen) atoms. The summed E-state index contributed by atoms with van der Waals surface area (Å²) in [5.74, 6) is 1.30. The molecular formula is C13H24N4. The fourth-order valence-corrected chi connectivity index (χ4v) is 2.12. The summed E-state index contributed by atoms with van der Waals surface area (Å²) in [6.45, 7) is 7.88. The molecule has 0 aliphatic heterocycles. The first-order chi connectivity index (χ1) is 7.95. The first-order valence-electron chi connectivity index (χ1n) is 6.14. The zero-order valence-electron chi connectivity index (χ0n) is 11.6. The highest BCUT2D eigenvalue weighted by Crippen LogP contribution is 2.16. The molecule has 1 unspecified atom stereocenters. The van der Waals surface area contributed by atoms with Gasteiger partial charge >= 0.3 is 0 Å². The Bertz CT molecular complexity index is 351. The van der Waals surface area contributed by atoms with Crippen LogP contribution >= 0.6 is 0 Å². The second kappa shape index (κ2) is 6.07. The summed E-state index contributed by atoms with van der Waals surface area (Å²) in [6, 6.07) is 0. The molecule has 4 nitrogen and oxygen atoms in total. The van der Waals surface area contributed by atoms with Gasteiger partial charge in [-0.15, -0.1) is 0 Å². The van der Waals surface area contributed by atoms with Crippen molar-refractivity contribution in [3.63, 3.8) is 0 Å². The fraction of sp³-hybridized carbons (Fsp3) is 0.692. The van der Waals surface area contributed by atoms with Crippen molar-refractivity contribution in [3.8, 4) is 0 Å². The number of likely N-dealkylation sites (N-methyl/N-ethyl adjacent to an activating group) is 1. The van der Waals surface area contributed by atoms with Gasteiger partial charge in [-0.25, -0.2) is 9.97 Å². The Morgan fingerprint density at radius 1 is 1.18 bits per heavy atom. The summed E-state index contributed by atoms with van der Waals surface area (Å²) in [4.78, 5) is 11.4. The monoisotopic (exact) mass is 236 g/mol. The Balaban J connectivity index is 2.97. The molecule has 1 atom stereocenters. The van der Waals surface area contributed by atoms with E-state index in [2.05, 4.69) is 35.9 Å². The molecule has 4 heteroatoms. The van der Waals surface area contributed by atoms with Gasteiger partial charge in [-0.2, -0.15) is 0 Å². The molecule has 0 saturated carbocycles. The van der Waals surface area contributed by atoms with Crippen molar-refractivity contribution in [2.24, 2.45) is 5.73 Å². The Morgan fingerprint density at radius 3 is 2.12 bits per heavy atom. The van der Waals surface area contributed by atoms with Crippen molar-refractivity contribution in [2.45, 2.75) is 33.1 Å². The topological polar surface area (TPSA) is 55.0 Å². The van der Waals surface area contributed by atoms with Crippen LogP contribution in [-0.2, 0) is 6.42 Å². The van der Waals surface area contributed by atoms with Gasteiger partial charge in [0.05, 0.1) is 0 Å². The Morgan fingerprint density at radius 2 is 1.71 bits per heavy atom. The maximum atomic E-state index is 5.60. The molecule has 0 aliphatic carbocycles. The minimum Gasteiger partial charge on any atom is -0.330 e. The summed E-state index contributed by atoms with van der Waals surface area (Å²) in [5, 5.41) is 0. The van der Waals surface area contributed by atoms with Crippen molar-refractivity contribution >= 4 is 0 Å². The Labute approximate surface area is 104 Å². The van der Waals surface area contributed by atoms with Gasteiger partial charge in [0.1, 0.15) is 5.82 Å². The van der Waals surface area contributed by atoms with E-state index in [1.807, 2.05) is 13.8 Å². The molecule has 2 N–H and O–H groups in total. The van der Waals surface area contributed by atoms with Crippen LogP contribution in [0.1, 0.15) is 35.6 Å². The van der Waals surface area contributed by atoms with Crippen LogP contribution in [0.2, 0.25) is 0 Å². The van der Waals surface area contributed by atoms with Crippen molar-refractivity contribution in [2.75, 3.05) is 27.2 Å². The lowest BCUT2D eigenvalue weighted by atomic mass is 10.1. The van der Waals surface area contributed by atoms with Gasteiger partial charge in [-0.3, -0.25) is 0 Å². The molecule has 0 amide bonds. The van der Waals surface area contributed by atoms with Crippen molar-refractivity contribution < 1.29 is 0 Å². The number of nitrogens with zero attached hydrogens (tertiary/aromatic N) is 3. The first-order valence-corrected chi connectivity index (χ1v) is 6.14. The molecule has 0 aromatic carbocycles. The average Bonchev–Trinajstić information content (AvgIpc) is 2.22. The van der Waals surface area contributed by atoms with Crippen LogP contribution in [0.4, 0.5) is 0 Å².